The molecule has 0 saturated carbocycles. The van der Waals surface area contributed by atoms with E-state index < -0.39 is 12.2 Å². The Morgan fingerprint density at radius 1 is 1.23 bits per heavy atom. The second-order valence-electron chi connectivity index (χ2n) is 5.99. The van der Waals surface area contributed by atoms with Crippen molar-refractivity contribution in [3.63, 3.8) is 0 Å². The molecule has 0 atom stereocenters. The van der Waals surface area contributed by atoms with Crippen molar-refractivity contribution in [1.82, 2.24) is 10.3 Å². The molecule has 9 heteroatoms. The van der Waals surface area contributed by atoms with Gasteiger partial charge in [-0.05, 0) is 26.8 Å². The molecule has 26 heavy (non-hydrogen) atoms. The molecule has 0 fully saturated rings. The molecule has 0 radical (unpaired) electrons. The van der Waals surface area contributed by atoms with Gasteiger partial charge in [-0.25, -0.2) is 4.98 Å². The largest absolute Gasteiger partial charge is 0.460 e. The third kappa shape index (κ3) is 14.5. The second-order valence-corrected chi connectivity index (χ2v) is 5.99. The van der Waals surface area contributed by atoms with Gasteiger partial charge in [0, 0.05) is 39.6 Å². The van der Waals surface area contributed by atoms with Gasteiger partial charge >= 0.3 is 12.6 Å². The molecular weight excluding hydrogens is 350 g/mol. The second kappa shape index (κ2) is 13.4. The summed E-state index contributed by atoms with van der Waals surface area (Å²) in [5.41, 5.74) is -0.418. The normalized spacial score (nSPS) is 11.1. The quantitative estimate of drug-likeness (QED) is 0.402. The lowest BCUT2D eigenvalue weighted by molar-refractivity contribution is -0.154. The van der Waals surface area contributed by atoms with Crippen LogP contribution >= 0.6 is 0 Å². The van der Waals surface area contributed by atoms with Crippen LogP contribution < -0.4 is 10.1 Å². The van der Waals surface area contributed by atoms with E-state index in [0.717, 1.165) is 0 Å². The molecule has 7 nitrogen and oxygen atoms in total. The maximum Gasteiger partial charge on any atom is 0.388 e. The Hall–Kier alpha value is -1.84. The number of carbonyl (C=O) groups is 1. The van der Waals surface area contributed by atoms with Gasteiger partial charge < -0.3 is 24.3 Å². The van der Waals surface area contributed by atoms with Gasteiger partial charge in [-0.15, -0.1) is 0 Å². The number of alkyl halides is 2. The highest BCUT2D eigenvalue weighted by Crippen LogP contribution is 2.08. The number of ether oxygens (including phenoxy) is 4. The summed E-state index contributed by atoms with van der Waals surface area (Å²) in [4.78, 5) is 14.8. The maximum absolute atomic E-state index is 11.5. The summed E-state index contributed by atoms with van der Waals surface area (Å²) in [7, 11) is 3.15. The average Bonchev–Trinajstić information content (AvgIpc) is 2.54. The van der Waals surface area contributed by atoms with Crippen molar-refractivity contribution >= 4 is 5.97 Å². The summed E-state index contributed by atoms with van der Waals surface area (Å²) in [6.07, 6.45) is 1.45. The SMILES string of the molecule is COC(CNCCC(=O)OC(C)(C)C)OC.FC(F)Oc1ccccn1. The predicted molar refractivity (Wildman–Crippen MR) is 92.0 cm³/mol. The minimum absolute atomic E-state index is 0.0579. The van der Waals surface area contributed by atoms with Crippen molar-refractivity contribution in [2.75, 3.05) is 27.3 Å². The number of halogens is 2. The zero-order valence-corrected chi connectivity index (χ0v) is 15.8. The molecule has 0 amide bonds. The molecule has 0 aliphatic carbocycles. The first kappa shape index (κ1) is 24.2. The van der Waals surface area contributed by atoms with Crippen molar-refractivity contribution in [2.45, 2.75) is 45.7 Å². The van der Waals surface area contributed by atoms with Crippen LogP contribution in [0.25, 0.3) is 0 Å². The van der Waals surface area contributed by atoms with Crippen LogP contribution in [-0.2, 0) is 19.0 Å². The summed E-state index contributed by atoms with van der Waals surface area (Å²) in [6.45, 7) is 3.86. The van der Waals surface area contributed by atoms with Crippen molar-refractivity contribution < 1.29 is 32.5 Å². The van der Waals surface area contributed by atoms with E-state index in [2.05, 4.69) is 15.0 Å². The molecule has 0 aliphatic rings. The minimum Gasteiger partial charge on any atom is -0.460 e. The van der Waals surface area contributed by atoms with E-state index in [9.17, 15) is 13.6 Å². The molecule has 0 aliphatic heterocycles. The molecule has 0 saturated heterocycles. The van der Waals surface area contributed by atoms with Crippen LogP contribution in [-0.4, -0.2) is 56.8 Å². The van der Waals surface area contributed by atoms with Crippen LogP contribution in [0.2, 0.25) is 0 Å². The Morgan fingerprint density at radius 2 is 1.88 bits per heavy atom. The average molecular weight is 378 g/mol. The number of hydrogen-bond acceptors (Lipinski definition) is 7. The van der Waals surface area contributed by atoms with E-state index in [1.165, 1.54) is 12.3 Å². The smallest absolute Gasteiger partial charge is 0.388 e. The third-order valence-corrected chi connectivity index (χ3v) is 2.61. The van der Waals surface area contributed by atoms with Crippen LogP contribution in [0.5, 0.6) is 5.88 Å². The highest BCUT2D eigenvalue weighted by atomic mass is 19.3. The lowest BCUT2D eigenvalue weighted by Crippen LogP contribution is -2.32. The molecule has 0 bridgehead atoms. The van der Waals surface area contributed by atoms with Crippen LogP contribution in [0.1, 0.15) is 27.2 Å². The fourth-order valence-electron chi connectivity index (χ4n) is 1.57. The summed E-state index contributed by atoms with van der Waals surface area (Å²) in [5.74, 6) is -0.260. The van der Waals surface area contributed by atoms with Crippen LogP contribution in [0.15, 0.2) is 24.4 Å². The highest BCUT2D eigenvalue weighted by molar-refractivity contribution is 5.70. The zero-order valence-electron chi connectivity index (χ0n) is 15.8. The van der Waals surface area contributed by atoms with E-state index in [-0.39, 0.29) is 18.1 Å². The number of pyridine rings is 1. The summed E-state index contributed by atoms with van der Waals surface area (Å²) >= 11 is 0. The Kier molecular flexibility index (Phi) is 12.4. The highest BCUT2D eigenvalue weighted by Gasteiger charge is 2.15. The lowest BCUT2D eigenvalue weighted by atomic mass is 10.2. The molecule has 1 N–H and O–H groups in total. The standard InChI is InChI=1S/C11H23NO4.C6H5F2NO/c1-11(2,3)16-9(13)6-7-12-8-10(14-4)15-5;7-6(8)10-5-3-1-2-4-9-5/h10,12H,6-8H2,1-5H3;1-4,6H. The first-order valence-corrected chi connectivity index (χ1v) is 8.02. The number of esters is 1. The Balaban J connectivity index is 0.000000531. The van der Waals surface area contributed by atoms with Gasteiger partial charge in [0.1, 0.15) is 5.60 Å². The fourth-order valence-corrected chi connectivity index (χ4v) is 1.57. The van der Waals surface area contributed by atoms with Crippen molar-refractivity contribution in [3.05, 3.63) is 24.4 Å². The molecule has 0 unspecified atom stereocenters. The van der Waals surface area contributed by atoms with E-state index in [1.54, 1.807) is 26.4 Å². The number of methoxy groups -OCH3 is 2. The number of aromatic nitrogens is 1. The minimum atomic E-state index is -2.80. The molecule has 1 rings (SSSR count). The molecule has 1 aromatic rings. The molecule has 150 valence electrons. The number of rotatable bonds is 9. The Morgan fingerprint density at radius 3 is 2.35 bits per heavy atom. The fraction of sp³-hybridized carbons (Fsp3) is 0.647. The third-order valence-electron chi connectivity index (χ3n) is 2.61. The first-order valence-electron chi connectivity index (χ1n) is 8.02. The summed E-state index contributed by atoms with van der Waals surface area (Å²) in [6, 6.07) is 4.56. The monoisotopic (exact) mass is 378 g/mol. The van der Waals surface area contributed by atoms with Crippen LogP contribution in [0.3, 0.4) is 0 Å². The predicted octanol–water partition coefficient (Wildman–Crippen LogP) is 2.61. The van der Waals surface area contributed by atoms with Crippen LogP contribution in [0, 0.1) is 0 Å². The van der Waals surface area contributed by atoms with E-state index in [0.29, 0.717) is 19.5 Å². The molecule has 0 aromatic carbocycles. The summed E-state index contributed by atoms with van der Waals surface area (Å²) in [5, 5.41) is 3.05. The number of nitrogens with one attached hydrogen (secondary N) is 1. The Labute approximate surface area is 153 Å². The van der Waals surface area contributed by atoms with E-state index in [4.69, 9.17) is 14.2 Å². The Bertz CT molecular complexity index is 480. The molecule has 1 aromatic heterocycles. The van der Waals surface area contributed by atoms with Gasteiger partial charge in [0.25, 0.3) is 0 Å². The number of nitrogens with zero attached hydrogens (tertiary/aromatic N) is 1. The zero-order chi connectivity index (χ0) is 20.0. The van der Waals surface area contributed by atoms with Crippen LogP contribution in [0.4, 0.5) is 8.78 Å². The van der Waals surface area contributed by atoms with Crippen molar-refractivity contribution in [3.8, 4) is 5.88 Å². The molecular formula is C17H28F2N2O5. The topological polar surface area (TPSA) is 78.9 Å². The van der Waals surface area contributed by atoms with Gasteiger partial charge in [0.15, 0.2) is 6.29 Å². The van der Waals surface area contributed by atoms with Gasteiger partial charge in [0.05, 0.1) is 6.42 Å². The number of carbonyl (C=O) groups excluding carboxylic acids is 1. The van der Waals surface area contributed by atoms with Crippen molar-refractivity contribution in [1.29, 1.82) is 0 Å². The maximum atomic E-state index is 11.5. The lowest BCUT2D eigenvalue weighted by Gasteiger charge is -2.19. The molecule has 1 heterocycles. The van der Waals surface area contributed by atoms with Gasteiger partial charge in [-0.1, -0.05) is 6.07 Å². The van der Waals surface area contributed by atoms with Gasteiger partial charge in [-0.3, -0.25) is 4.79 Å². The summed E-state index contributed by atoms with van der Waals surface area (Å²) < 4.78 is 42.0. The van der Waals surface area contributed by atoms with E-state index >= 15 is 0 Å². The number of hydrogen-bond donors (Lipinski definition) is 1. The first-order chi connectivity index (χ1) is 12.2. The molecule has 0 spiro atoms. The van der Waals surface area contributed by atoms with Gasteiger partial charge in [0.2, 0.25) is 5.88 Å². The van der Waals surface area contributed by atoms with E-state index in [1.807, 2.05) is 20.8 Å². The van der Waals surface area contributed by atoms with Crippen molar-refractivity contribution in [2.24, 2.45) is 0 Å². The van der Waals surface area contributed by atoms with Gasteiger partial charge in [-0.2, -0.15) is 8.78 Å².